The van der Waals surface area contributed by atoms with E-state index in [0.29, 0.717) is 18.1 Å². The summed E-state index contributed by atoms with van der Waals surface area (Å²) in [6, 6.07) is 7.81. The number of benzene rings is 1. The Hall–Kier alpha value is -1.90. The van der Waals surface area contributed by atoms with Gasteiger partial charge in [-0.05, 0) is 17.7 Å². The monoisotopic (exact) mass is 364 g/mol. The molecule has 24 heavy (non-hydrogen) atoms. The molecule has 0 spiro atoms. The fraction of sp³-hybridized carbons (Fsp3) is 0.312. The molecule has 2 heterocycles. The molecule has 1 aromatic carbocycles. The molecule has 3 rings (SSSR count). The number of anilines is 1. The molecule has 0 radical (unpaired) electrons. The number of nitrogens with zero attached hydrogens (tertiary/aromatic N) is 2. The molecule has 2 aliphatic rings. The molecule has 2 fully saturated rings. The maximum Gasteiger partial charge on any atom is 0.323 e. The highest BCUT2D eigenvalue weighted by Crippen LogP contribution is 2.34. The number of morpholine rings is 1. The number of aliphatic carboxylic acids is 1. The Bertz CT molecular complexity index is 714. The van der Waals surface area contributed by atoms with Gasteiger partial charge in [-0.2, -0.15) is 0 Å². The topological polar surface area (TPSA) is 70.1 Å². The molecule has 0 aromatic heterocycles. The number of para-hydroxylation sites is 1. The van der Waals surface area contributed by atoms with Crippen molar-refractivity contribution < 1.29 is 19.4 Å². The van der Waals surface area contributed by atoms with E-state index in [0.717, 1.165) is 41.0 Å². The maximum absolute atomic E-state index is 12.4. The van der Waals surface area contributed by atoms with Crippen molar-refractivity contribution in [2.45, 2.75) is 0 Å². The third-order valence-electron chi connectivity index (χ3n) is 3.74. The summed E-state index contributed by atoms with van der Waals surface area (Å²) in [5.41, 5.74) is 1.94. The summed E-state index contributed by atoms with van der Waals surface area (Å²) in [5.74, 6) is -1.44. The molecule has 126 valence electrons. The molecular formula is C16H16N2O4S2. The molecule has 1 aromatic rings. The number of carbonyl (C=O) groups excluding carboxylic acids is 1. The number of carbonyl (C=O) groups is 2. The molecule has 2 saturated heterocycles. The van der Waals surface area contributed by atoms with Gasteiger partial charge in [0.05, 0.1) is 18.1 Å². The van der Waals surface area contributed by atoms with Crippen LogP contribution in [0, 0.1) is 0 Å². The lowest BCUT2D eigenvalue weighted by Crippen LogP contribution is -2.36. The van der Waals surface area contributed by atoms with E-state index in [9.17, 15) is 9.59 Å². The summed E-state index contributed by atoms with van der Waals surface area (Å²) in [7, 11) is 0. The van der Waals surface area contributed by atoms with Crippen molar-refractivity contribution in [2.75, 3.05) is 37.7 Å². The van der Waals surface area contributed by atoms with Gasteiger partial charge in [-0.15, -0.1) is 0 Å². The molecule has 0 aliphatic carbocycles. The minimum atomic E-state index is -1.08. The molecule has 2 aliphatic heterocycles. The van der Waals surface area contributed by atoms with Crippen molar-refractivity contribution in [2.24, 2.45) is 0 Å². The summed E-state index contributed by atoms with van der Waals surface area (Å²) in [6.45, 7) is 2.53. The predicted octanol–water partition coefficient (Wildman–Crippen LogP) is 1.81. The average Bonchev–Trinajstić information content (AvgIpc) is 2.83. The number of carboxylic acid groups (broad SMARTS) is 1. The predicted molar refractivity (Wildman–Crippen MR) is 97.0 cm³/mol. The fourth-order valence-electron chi connectivity index (χ4n) is 2.61. The van der Waals surface area contributed by atoms with Gasteiger partial charge in [0.25, 0.3) is 5.91 Å². The van der Waals surface area contributed by atoms with Crippen LogP contribution >= 0.6 is 24.0 Å². The van der Waals surface area contributed by atoms with Gasteiger partial charge in [-0.25, -0.2) is 0 Å². The standard InChI is InChI=1S/C16H16N2O4S2/c19-14(20)10-18-15(21)13(24-16(18)23)9-11-3-1-2-4-12(11)17-5-7-22-8-6-17/h1-4,9H,5-8,10H2,(H,19,20)/b13-9+. The highest BCUT2D eigenvalue weighted by atomic mass is 32.2. The van der Waals surface area contributed by atoms with E-state index in [2.05, 4.69) is 4.90 Å². The molecule has 0 saturated carbocycles. The first kappa shape index (κ1) is 16.9. The first-order valence-corrected chi connectivity index (χ1v) is 8.67. The lowest BCUT2D eigenvalue weighted by molar-refractivity contribution is -0.140. The van der Waals surface area contributed by atoms with Crippen LogP contribution in [0.3, 0.4) is 0 Å². The number of thiocarbonyl (C=S) groups is 1. The Morgan fingerprint density at radius 2 is 2.04 bits per heavy atom. The second-order valence-electron chi connectivity index (χ2n) is 5.32. The number of hydrogen-bond acceptors (Lipinski definition) is 6. The molecule has 1 amide bonds. The van der Waals surface area contributed by atoms with Crippen molar-refractivity contribution in [3.63, 3.8) is 0 Å². The van der Waals surface area contributed by atoms with Crippen LogP contribution < -0.4 is 4.90 Å². The highest BCUT2D eigenvalue weighted by molar-refractivity contribution is 8.26. The van der Waals surface area contributed by atoms with E-state index in [-0.39, 0.29) is 10.2 Å². The number of amides is 1. The molecule has 1 N–H and O–H groups in total. The summed E-state index contributed by atoms with van der Waals surface area (Å²) in [4.78, 5) is 27.0. The number of hydrogen-bond donors (Lipinski definition) is 1. The molecule has 0 bridgehead atoms. The van der Waals surface area contributed by atoms with Crippen LogP contribution in [0.5, 0.6) is 0 Å². The van der Waals surface area contributed by atoms with Gasteiger partial charge < -0.3 is 14.7 Å². The quantitative estimate of drug-likeness (QED) is 0.645. The van der Waals surface area contributed by atoms with Crippen molar-refractivity contribution in [1.29, 1.82) is 0 Å². The lowest BCUT2D eigenvalue weighted by atomic mass is 10.1. The van der Waals surface area contributed by atoms with Gasteiger partial charge in [0.2, 0.25) is 0 Å². The van der Waals surface area contributed by atoms with Crippen LogP contribution in [-0.4, -0.2) is 59.1 Å². The summed E-state index contributed by atoms with van der Waals surface area (Å²) in [5, 5.41) is 8.90. The average molecular weight is 364 g/mol. The highest BCUT2D eigenvalue weighted by Gasteiger charge is 2.33. The second-order valence-corrected chi connectivity index (χ2v) is 7.00. The van der Waals surface area contributed by atoms with Crippen LogP contribution in [0.2, 0.25) is 0 Å². The number of carboxylic acids is 1. The van der Waals surface area contributed by atoms with Crippen LogP contribution in [0.4, 0.5) is 5.69 Å². The van der Waals surface area contributed by atoms with E-state index in [1.807, 2.05) is 24.3 Å². The van der Waals surface area contributed by atoms with Gasteiger partial charge in [0, 0.05) is 18.8 Å². The third kappa shape index (κ3) is 3.61. The number of rotatable bonds is 4. The molecular weight excluding hydrogens is 348 g/mol. The minimum absolute atomic E-state index is 0.275. The molecule has 0 unspecified atom stereocenters. The smallest absolute Gasteiger partial charge is 0.323 e. The van der Waals surface area contributed by atoms with E-state index in [4.69, 9.17) is 22.1 Å². The Morgan fingerprint density at radius 1 is 1.33 bits per heavy atom. The van der Waals surface area contributed by atoms with E-state index >= 15 is 0 Å². The minimum Gasteiger partial charge on any atom is -0.480 e. The van der Waals surface area contributed by atoms with Crippen LogP contribution in [0.15, 0.2) is 29.2 Å². The Labute approximate surface area is 149 Å². The zero-order valence-electron chi connectivity index (χ0n) is 12.8. The van der Waals surface area contributed by atoms with Gasteiger partial charge >= 0.3 is 5.97 Å². The summed E-state index contributed by atoms with van der Waals surface area (Å²) >= 11 is 6.26. The van der Waals surface area contributed by atoms with Crippen LogP contribution in [0.1, 0.15) is 5.56 Å². The van der Waals surface area contributed by atoms with Crippen molar-refractivity contribution >= 4 is 51.9 Å². The van der Waals surface area contributed by atoms with Gasteiger partial charge in [0.1, 0.15) is 10.9 Å². The van der Waals surface area contributed by atoms with Crippen molar-refractivity contribution in [3.8, 4) is 0 Å². The van der Waals surface area contributed by atoms with Crippen LogP contribution in [0.25, 0.3) is 6.08 Å². The molecule has 6 nitrogen and oxygen atoms in total. The maximum atomic E-state index is 12.4. The second kappa shape index (κ2) is 7.33. The van der Waals surface area contributed by atoms with Gasteiger partial charge in [-0.3, -0.25) is 14.5 Å². The van der Waals surface area contributed by atoms with Crippen LogP contribution in [-0.2, 0) is 14.3 Å². The first-order valence-electron chi connectivity index (χ1n) is 7.45. The summed E-state index contributed by atoms with van der Waals surface area (Å²) in [6.07, 6.45) is 1.78. The largest absolute Gasteiger partial charge is 0.480 e. The zero-order chi connectivity index (χ0) is 17.1. The SMILES string of the molecule is O=C(O)CN1C(=O)/C(=C\c2ccccc2N2CCOCC2)SC1=S. The number of ether oxygens (including phenoxy) is 1. The fourth-order valence-corrected chi connectivity index (χ4v) is 3.86. The number of thioether (sulfide) groups is 1. The van der Waals surface area contributed by atoms with Crippen molar-refractivity contribution in [3.05, 3.63) is 34.7 Å². The van der Waals surface area contributed by atoms with Crippen molar-refractivity contribution in [1.82, 2.24) is 4.90 Å². The first-order chi connectivity index (χ1) is 11.6. The molecule has 8 heteroatoms. The zero-order valence-corrected chi connectivity index (χ0v) is 14.4. The van der Waals surface area contributed by atoms with E-state index in [1.54, 1.807) is 6.08 Å². The van der Waals surface area contributed by atoms with E-state index in [1.165, 1.54) is 0 Å². The third-order valence-corrected chi connectivity index (χ3v) is 5.12. The lowest BCUT2D eigenvalue weighted by Gasteiger charge is -2.30. The summed E-state index contributed by atoms with van der Waals surface area (Å²) < 4.78 is 5.66. The van der Waals surface area contributed by atoms with Gasteiger partial charge in [-0.1, -0.05) is 42.2 Å². The van der Waals surface area contributed by atoms with E-state index < -0.39 is 12.5 Å². The molecule has 0 atom stereocenters. The normalized spacial score (nSPS) is 20.1. The Kier molecular flexibility index (Phi) is 5.17. The Balaban J connectivity index is 1.88. The Morgan fingerprint density at radius 3 is 2.75 bits per heavy atom. The van der Waals surface area contributed by atoms with Gasteiger partial charge in [0.15, 0.2) is 0 Å².